The molecule has 1 aromatic rings. The summed E-state index contributed by atoms with van der Waals surface area (Å²) < 4.78 is 4.72. The summed E-state index contributed by atoms with van der Waals surface area (Å²) in [5.74, 6) is 4.57. The van der Waals surface area contributed by atoms with E-state index in [2.05, 4.69) is 4.84 Å². The van der Waals surface area contributed by atoms with Crippen LogP contribution in [0.15, 0.2) is 21.5 Å². The zero-order valence-electron chi connectivity index (χ0n) is 5.61. The van der Waals surface area contributed by atoms with Gasteiger partial charge >= 0.3 is 0 Å². The van der Waals surface area contributed by atoms with Gasteiger partial charge in [0.05, 0.1) is 0 Å². The molecule has 11 heavy (non-hydrogen) atoms. The van der Waals surface area contributed by atoms with E-state index in [1.165, 1.54) is 0 Å². The Morgan fingerprint density at radius 3 is 3.00 bits per heavy atom. The molecule has 5 heteroatoms. The fourth-order valence-electron chi connectivity index (χ4n) is 0.602. The molecular weight excluding hydrogens is 150 g/mol. The van der Waals surface area contributed by atoms with Crippen LogP contribution >= 0.6 is 0 Å². The van der Waals surface area contributed by atoms with Crippen molar-refractivity contribution in [2.24, 2.45) is 5.90 Å². The maximum absolute atomic E-state index is 10.7. The second-order valence-electron chi connectivity index (χ2n) is 1.91. The van der Waals surface area contributed by atoms with Gasteiger partial charge < -0.3 is 9.52 Å². The molecule has 5 nitrogen and oxygen atoms in total. The van der Waals surface area contributed by atoms with Gasteiger partial charge in [0, 0.05) is 6.07 Å². The van der Waals surface area contributed by atoms with Crippen LogP contribution in [0.2, 0.25) is 0 Å². The minimum absolute atomic E-state index is 0.00944. The lowest BCUT2D eigenvalue weighted by molar-refractivity contribution is 0.107. The zero-order chi connectivity index (χ0) is 8.27. The van der Waals surface area contributed by atoms with E-state index in [0.717, 1.165) is 12.3 Å². The first kappa shape index (κ1) is 7.77. The highest BCUT2D eigenvalue weighted by atomic mass is 16.6. The van der Waals surface area contributed by atoms with Crippen LogP contribution in [0.1, 0.15) is 5.76 Å². The third kappa shape index (κ3) is 1.79. The maximum Gasteiger partial charge on any atom is 0.226 e. The van der Waals surface area contributed by atoms with Crippen molar-refractivity contribution in [3.05, 3.63) is 28.3 Å². The zero-order valence-corrected chi connectivity index (χ0v) is 5.61. The van der Waals surface area contributed by atoms with E-state index in [9.17, 15) is 4.79 Å². The van der Waals surface area contributed by atoms with Gasteiger partial charge in [0.2, 0.25) is 5.43 Å². The second-order valence-corrected chi connectivity index (χ2v) is 1.91. The first-order chi connectivity index (χ1) is 5.24. The molecule has 0 aromatic carbocycles. The van der Waals surface area contributed by atoms with Crippen LogP contribution in [-0.4, -0.2) is 5.11 Å². The molecule has 0 atom stereocenters. The van der Waals surface area contributed by atoms with Gasteiger partial charge in [-0.3, -0.25) is 9.63 Å². The molecule has 1 aromatic heterocycles. The Morgan fingerprint density at radius 1 is 1.73 bits per heavy atom. The molecule has 0 bridgehead atoms. The molecule has 0 aliphatic heterocycles. The number of hydrogen-bond donors (Lipinski definition) is 2. The number of hydrogen-bond acceptors (Lipinski definition) is 5. The minimum Gasteiger partial charge on any atom is -0.502 e. The van der Waals surface area contributed by atoms with Gasteiger partial charge in [-0.05, 0) is 0 Å². The van der Waals surface area contributed by atoms with Gasteiger partial charge in [-0.1, -0.05) is 0 Å². The Bertz CT molecular complexity index is 293. The van der Waals surface area contributed by atoms with E-state index < -0.39 is 11.2 Å². The van der Waals surface area contributed by atoms with Crippen molar-refractivity contribution in [1.29, 1.82) is 0 Å². The summed E-state index contributed by atoms with van der Waals surface area (Å²) in [4.78, 5) is 14.9. The van der Waals surface area contributed by atoms with Crippen LogP contribution in [0.4, 0.5) is 0 Å². The number of nitrogens with two attached hydrogens (primary N) is 1. The molecule has 0 spiro atoms. The highest BCUT2D eigenvalue weighted by Gasteiger charge is 1.99. The van der Waals surface area contributed by atoms with Crippen LogP contribution in [0.25, 0.3) is 0 Å². The molecule has 0 unspecified atom stereocenters. The molecule has 0 aliphatic carbocycles. The molecule has 0 saturated carbocycles. The summed E-state index contributed by atoms with van der Waals surface area (Å²) >= 11 is 0. The van der Waals surface area contributed by atoms with Crippen molar-refractivity contribution in [1.82, 2.24) is 0 Å². The molecule has 1 heterocycles. The normalized spacial score (nSPS) is 9.91. The summed E-state index contributed by atoms with van der Waals surface area (Å²) in [6.07, 6.45) is 0.941. The molecule has 0 aliphatic rings. The van der Waals surface area contributed by atoms with Crippen molar-refractivity contribution >= 4 is 0 Å². The van der Waals surface area contributed by atoms with E-state index >= 15 is 0 Å². The Kier molecular flexibility index (Phi) is 2.25. The third-order valence-corrected chi connectivity index (χ3v) is 1.09. The van der Waals surface area contributed by atoms with E-state index in [1.807, 2.05) is 0 Å². The minimum atomic E-state index is -0.511. The van der Waals surface area contributed by atoms with Crippen molar-refractivity contribution in [3.8, 4) is 5.75 Å². The second kappa shape index (κ2) is 3.18. The molecule has 0 amide bonds. The van der Waals surface area contributed by atoms with E-state index in [0.29, 0.717) is 0 Å². The molecule has 60 valence electrons. The van der Waals surface area contributed by atoms with Crippen LogP contribution < -0.4 is 11.3 Å². The van der Waals surface area contributed by atoms with Gasteiger partial charge in [0.25, 0.3) is 0 Å². The summed E-state index contributed by atoms with van der Waals surface area (Å²) in [5.41, 5.74) is -0.511. The number of rotatable bonds is 2. The van der Waals surface area contributed by atoms with E-state index in [1.54, 1.807) is 0 Å². The van der Waals surface area contributed by atoms with Gasteiger partial charge in [-0.15, -0.1) is 0 Å². The fraction of sp³-hybridized carbons (Fsp3) is 0.167. The summed E-state index contributed by atoms with van der Waals surface area (Å²) in [5, 5.41) is 8.73. The monoisotopic (exact) mass is 157 g/mol. The molecular formula is C6H7NO4. The molecule has 0 fully saturated rings. The fourth-order valence-corrected chi connectivity index (χ4v) is 0.602. The average Bonchev–Trinajstić information content (AvgIpc) is 1.98. The van der Waals surface area contributed by atoms with Gasteiger partial charge in [0.15, 0.2) is 5.75 Å². The molecule has 0 radical (unpaired) electrons. The first-order valence-corrected chi connectivity index (χ1v) is 2.86. The Labute approximate surface area is 62.0 Å². The van der Waals surface area contributed by atoms with E-state index in [4.69, 9.17) is 15.4 Å². The van der Waals surface area contributed by atoms with Crippen molar-refractivity contribution in [3.63, 3.8) is 0 Å². The van der Waals surface area contributed by atoms with Gasteiger partial charge in [0.1, 0.15) is 18.6 Å². The quantitative estimate of drug-likeness (QED) is 0.577. The summed E-state index contributed by atoms with van der Waals surface area (Å²) in [6, 6.07) is 1.11. The summed E-state index contributed by atoms with van der Waals surface area (Å²) in [6.45, 7) is 0.00944. The Hall–Kier alpha value is -1.33. The molecule has 1 rings (SSSR count). The largest absolute Gasteiger partial charge is 0.502 e. The lowest BCUT2D eigenvalue weighted by atomic mass is 10.4. The highest BCUT2D eigenvalue weighted by molar-refractivity contribution is 5.14. The maximum atomic E-state index is 10.7. The lowest BCUT2D eigenvalue weighted by Crippen LogP contribution is -2.04. The SMILES string of the molecule is NOCc1cc(=O)c(O)co1. The smallest absolute Gasteiger partial charge is 0.226 e. The van der Waals surface area contributed by atoms with E-state index in [-0.39, 0.29) is 12.4 Å². The Balaban J connectivity index is 2.96. The van der Waals surface area contributed by atoms with Crippen LogP contribution in [0, 0.1) is 0 Å². The molecule has 3 N–H and O–H groups in total. The predicted octanol–water partition coefficient (Wildman–Crippen LogP) is -0.264. The lowest BCUT2D eigenvalue weighted by Gasteiger charge is -1.95. The van der Waals surface area contributed by atoms with Crippen LogP contribution in [0.5, 0.6) is 5.75 Å². The van der Waals surface area contributed by atoms with Gasteiger partial charge in [-0.25, -0.2) is 5.90 Å². The first-order valence-electron chi connectivity index (χ1n) is 2.86. The Morgan fingerprint density at radius 2 is 2.45 bits per heavy atom. The standard InChI is InChI=1S/C6H7NO4/c7-11-2-4-1-5(8)6(9)3-10-4/h1,3,9H,2,7H2. The predicted molar refractivity (Wildman–Crippen MR) is 35.6 cm³/mol. The van der Waals surface area contributed by atoms with Crippen LogP contribution in [0.3, 0.4) is 0 Å². The topological polar surface area (TPSA) is 85.7 Å². The summed E-state index contributed by atoms with van der Waals surface area (Å²) in [7, 11) is 0. The van der Waals surface area contributed by atoms with Crippen LogP contribution in [-0.2, 0) is 11.4 Å². The third-order valence-electron chi connectivity index (χ3n) is 1.09. The number of aromatic hydroxyl groups is 1. The van der Waals surface area contributed by atoms with Crippen molar-refractivity contribution in [2.45, 2.75) is 6.61 Å². The average molecular weight is 157 g/mol. The molecule has 0 saturated heterocycles. The van der Waals surface area contributed by atoms with Crippen molar-refractivity contribution in [2.75, 3.05) is 0 Å². The highest BCUT2D eigenvalue weighted by Crippen LogP contribution is 2.03. The van der Waals surface area contributed by atoms with Crippen molar-refractivity contribution < 1.29 is 14.4 Å². The van der Waals surface area contributed by atoms with Gasteiger partial charge in [-0.2, -0.15) is 0 Å².